The van der Waals surface area contributed by atoms with E-state index >= 15 is 0 Å². The molecule has 0 aliphatic heterocycles. The van der Waals surface area contributed by atoms with Gasteiger partial charge < -0.3 is 11.1 Å². The molecule has 1 rings (SSSR count). The van der Waals surface area contributed by atoms with Crippen molar-refractivity contribution in [2.75, 3.05) is 5.32 Å². The molecule has 0 saturated carbocycles. The van der Waals surface area contributed by atoms with Gasteiger partial charge in [0, 0.05) is 12.0 Å². The number of nitrogens with two attached hydrogens (primary N) is 1. The fourth-order valence-corrected chi connectivity index (χ4v) is 1.82. The molecule has 0 aromatic heterocycles. The van der Waals surface area contributed by atoms with Crippen LogP contribution in [0.25, 0.3) is 0 Å². The van der Waals surface area contributed by atoms with Crippen LogP contribution in [0.2, 0.25) is 15.1 Å². The number of hydrogen-bond donors (Lipinski definition) is 2. The van der Waals surface area contributed by atoms with E-state index in [0.29, 0.717) is 20.8 Å². The van der Waals surface area contributed by atoms with E-state index in [-0.39, 0.29) is 12.3 Å². The smallest absolute Gasteiger partial charge is 0.226 e. The lowest BCUT2D eigenvalue weighted by Crippen LogP contribution is -2.36. The molecule has 0 aliphatic rings. The highest BCUT2D eigenvalue weighted by atomic mass is 35.5. The van der Waals surface area contributed by atoms with Crippen LogP contribution in [0.5, 0.6) is 0 Å². The third-order valence-corrected chi connectivity index (χ3v) is 2.94. The lowest BCUT2D eigenvalue weighted by atomic mass is 10.0. The number of halogens is 3. The van der Waals surface area contributed by atoms with Crippen LogP contribution in [0.1, 0.15) is 20.3 Å². The van der Waals surface area contributed by atoms with Crippen LogP contribution in [-0.4, -0.2) is 11.4 Å². The largest absolute Gasteiger partial charge is 0.325 e. The Bertz CT molecular complexity index is 441. The van der Waals surface area contributed by atoms with Crippen LogP contribution in [0.4, 0.5) is 5.69 Å². The maximum absolute atomic E-state index is 11.7. The second-order valence-electron chi connectivity index (χ2n) is 4.46. The van der Waals surface area contributed by atoms with Crippen LogP contribution in [0.3, 0.4) is 0 Å². The first-order chi connectivity index (χ1) is 7.69. The van der Waals surface area contributed by atoms with Gasteiger partial charge in [-0.3, -0.25) is 4.79 Å². The summed E-state index contributed by atoms with van der Waals surface area (Å²) in [6.07, 6.45) is 0.184. The molecule has 3 nitrogen and oxygen atoms in total. The molecule has 0 bridgehead atoms. The molecule has 0 radical (unpaired) electrons. The molecule has 3 N–H and O–H groups in total. The number of carbonyl (C=O) groups excluding carboxylic acids is 1. The van der Waals surface area contributed by atoms with Crippen molar-refractivity contribution in [2.24, 2.45) is 5.73 Å². The van der Waals surface area contributed by atoms with Gasteiger partial charge in [-0.2, -0.15) is 0 Å². The van der Waals surface area contributed by atoms with Crippen molar-refractivity contribution in [1.82, 2.24) is 0 Å². The Morgan fingerprint density at radius 2 is 1.76 bits per heavy atom. The Kier molecular flexibility index (Phi) is 4.67. The number of hydrogen-bond acceptors (Lipinski definition) is 2. The predicted octanol–water partition coefficient (Wildman–Crippen LogP) is 3.71. The average Bonchev–Trinajstić information content (AvgIpc) is 2.11. The number of benzene rings is 1. The summed E-state index contributed by atoms with van der Waals surface area (Å²) in [5, 5.41) is 3.65. The molecule has 17 heavy (non-hydrogen) atoms. The third-order valence-electron chi connectivity index (χ3n) is 1.90. The molecule has 0 atom stereocenters. The standard InChI is InChI=1S/C11H13Cl3N2O/c1-11(2,15)5-10(17)16-9-4-7(13)6(12)3-8(9)14/h3-4H,5,15H2,1-2H3,(H,16,17). The molecule has 94 valence electrons. The van der Waals surface area contributed by atoms with Crippen LogP contribution < -0.4 is 11.1 Å². The summed E-state index contributed by atoms with van der Waals surface area (Å²) < 4.78 is 0. The Morgan fingerprint density at radius 1 is 1.24 bits per heavy atom. The van der Waals surface area contributed by atoms with Crippen LogP contribution >= 0.6 is 34.8 Å². The van der Waals surface area contributed by atoms with Gasteiger partial charge >= 0.3 is 0 Å². The number of anilines is 1. The summed E-state index contributed by atoms with van der Waals surface area (Å²) in [4.78, 5) is 11.7. The highest BCUT2D eigenvalue weighted by Crippen LogP contribution is 2.32. The Hall–Kier alpha value is -0.480. The highest BCUT2D eigenvalue weighted by Gasteiger charge is 2.17. The van der Waals surface area contributed by atoms with Gasteiger partial charge in [0.15, 0.2) is 0 Å². The molecule has 0 aliphatic carbocycles. The van der Waals surface area contributed by atoms with Crippen molar-refractivity contribution < 1.29 is 4.79 Å². The third kappa shape index (κ3) is 4.72. The average molecular weight is 296 g/mol. The number of nitrogens with one attached hydrogen (secondary N) is 1. The summed E-state index contributed by atoms with van der Waals surface area (Å²) in [7, 11) is 0. The second-order valence-corrected chi connectivity index (χ2v) is 5.68. The summed E-state index contributed by atoms with van der Waals surface area (Å²) in [6, 6.07) is 2.99. The van der Waals surface area contributed by atoms with Gasteiger partial charge in [0.25, 0.3) is 0 Å². The van der Waals surface area contributed by atoms with Gasteiger partial charge in [0.05, 0.1) is 20.8 Å². The van der Waals surface area contributed by atoms with Crippen LogP contribution in [-0.2, 0) is 4.79 Å². The van der Waals surface area contributed by atoms with E-state index in [1.807, 2.05) is 0 Å². The second kappa shape index (κ2) is 5.44. The van der Waals surface area contributed by atoms with E-state index in [1.165, 1.54) is 12.1 Å². The molecule has 0 saturated heterocycles. The Labute approximate surface area is 115 Å². The minimum absolute atomic E-state index is 0.184. The first-order valence-corrected chi connectivity index (χ1v) is 6.06. The van der Waals surface area contributed by atoms with Crippen molar-refractivity contribution >= 4 is 46.4 Å². The van der Waals surface area contributed by atoms with Crippen molar-refractivity contribution in [3.8, 4) is 0 Å². The minimum atomic E-state index is -0.577. The van der Waals surface area contributed by atoms with E-state index < -0.39 is 5.54 Å². The first kappa shape index (κ1) is 14.6. The molecular weight excluding hydrogens is 282 g/mol. The summed E-state index contributed by atoms with van der Waals surface area (Å²) in [6.45, 7) is 3.53. The fourth-order valence-electron chi connectivity index (χ4n) is 1.23. The molecule has 0 fully saturated rings. The van der Waals surface area contributed by atoms with Gasteiger partial charge in [0.1, 0.15) is 0 Å². The van der Waals surface area contributed by atoms with Gasteiger partial charge in [-0.15, -0.1) is 0 Å². The van der Waals surface area contributed by atoms with Gasteiger partial charge in [-0.25, -0.2) is 0 Å². The highest BCUT2D eigenvalue weighted by molar-refractivity contribution is 6.44. The van der Waals surface area contributed by atoms with Gasteiger partial charge in [0.2, 0.25) is 5.91 Å². The Morgan fingerprint density at radius 3 is 2.29 bits per heavy atom. The molecule has 6 heteroatoms. The summed E-state index contributed by atoms with van der Waals surface area (Å²) in [5.41, 5.74) is 5.59. The van der Waals surface area contributed by atoms with E-state index in [1.54, 1.807) is 13.8 Å². The fraction of sp³-hybridized carbons (Fsp3) is 0.364. The van der Waals surface area contributed by atoms with Gasteiger partial charge in [-0.05, 0) is 26.0 Å². The zero-order valence-electron chi connectivity index (χ0n) is 9.48. The molecule has 1 aromatic carbocycles. The van der Waals surface area contributed by atoms with E-state index in [9.17, 15) is 4.79 Å². The predicted molar refractivity (Wildman–Crippen MR) is 73.0 cm³/mol. The zero-order valence-corrected chi connectivity index (χ0v) is 11.7. The normalized spacial score (nSPS) is 11.4. The van der Waals surface area contributed by atoms with Crippen molar-refractivity contribution in [2.45, 2.75) is 25.8 Å². The van der Waals surface area contributed by atoms with Crippen molar-refractivity contribution in [3.63, 3.8) is 0 Å². The van der Waals surface area contributed by atoms with Crippen LogP contribution in [0.15, 0.2) is 12.1 Å². The monoisotopic (exact) mass is 294 g/mol. The lowest BCUT2D eigenvalue weighted by molar-refractivity contribution is -0.117. The van der Waals surface area contributed by atoms with E-state index in [2.05, 4.69) is 5.32 Å². The maximum atomic E-state index is 11.7. The van der Waals surface area contributed by atoms with Crippen LogP contribution in [0, 0.1) is 0 Å². The SMILES string of the molecule is CC(C)(N)CC(=O)Nc1cc(Cl)c(Cl)cc1Cl. The van der Waals surface area contributed by atoms with E-state index in [0.717, 1.165) is 0 Å². The zero-order chi connectivity index (χ0) is 13.2. The number of amides is 1. The molecule has 1 aromatic rings. The maximum Gasteiger partial charge on any atom is 0.226 e. The quantitative estimate of drug-likeness (QED) is 0.835. The molecular formula is C11H13Cl3N2O. The minimum Gasteiger partial charge on any atom is -0.325 e. The first-order valence-electron chi connectivity index (χ1n) is 4.92. The molecule has 0 unspecified atom stereocenters. The van der Waals surface area contributed by atoms with Crippen molar-refractivity contribution in [3.05, 3.63) is 27.2 Å². The van der Waals surface area contributed by atoms with Crippen molar-refractivity contribution in [1.29, 1.82) is 0 Å². The Balaban J connectivity index is 2.82. The lowest BCUT2D eigenvalue weighted by Gasteiger charge is -2.18. The molecule has 0 heterocycles. The molecule has 0 spiro atoms. The van der Waals surface area contributed by atoms with Gasteiger partial charge in [-0.1, -0.05) is 34.8 Å². The summed E-state index contributed by atoms with van der Waals surface area (Å²) >= 11 is 17.5. The topological polar surface area (TPSA) is 55.1 Å². The van der Waals surface area contributed by atoms with E-state index in [4.69, 9.17) is 40.5 Å². The molecule has 1 amide bonds. The number of rotatable bonds is 3. The summed E-state index contributed by atoms with van der Waals surface area (Å²) in [5.74, 6) is -0.224. The number of carbonyl (C=O) groups is 1.